The number of carbonyl (C=O) groups excluding carboxylic acids is 1. The maximum Gasteiger partial charge on any atom is 0.328 e. The number of benzene rings is 3. The van der Waals surface area contributed by atoms with Gasteiger partial charge < -0.3 is 15.5 Å². The summed E-state index contributed by atoms with van der Waals surface area (Å²) < 4.78 is 26.7. The second kappa shape index (κ2) is 10.1. The summed E-state index contributed by atoms with van der Waals surface area (Å²) in [4.78, 5) is 14.3. The molecular weight excluding hydrogens is 462 g/mol. The average molecular weight is 490 g/mol. The molecule has 2 amide bonds. The van der Waals surface area contributed by atoms with Crippen LogP contribution >= 0.6 is 0 Å². The fourth-order valence-electron chi connectivity index (χ4n) is 4.02. The number of nitrogens with one attached hydrogen (secondary N) is 3. The Hall–Kier alpha value is -4.03. The molecule has 0 saturated carbocycles. The summed E-state index contributed by atoms with van der Waals surface area (Å²) in [6.07, 6.45) is 1.51. The van der Waals surface area contributed by atoms with Crippen molar-refractivity contribution >= 4 is 33.1 Å². The Morgan fingerprint density at radius 3 is 2.46 bits per heavy atom. The second-order valence-corrected chi connectivity index (χ2v) is 10.1. The van der Waals surface area contributed by atoms with Gasteiger partial charge in [0.15, 0.2) is 0 Å². The number of anilines is 3. The molecule has 0 radical (unpaired) electrons. The molecule has 1 heterocycles. The molecule has 0 fully saturated rings. The van der Waals surface area contributed by atoms with Crippen LogP contribution in [0.3, 0.4) is 0 Å². The van der Waals surface area contributed by atoms with Gasteiger partial charge in [-0.1, -0.05) is 36.8 Å². The predicted molar refractivity (Wildman–Crippen MR) is 136 cm³/mol. The Balaban J connectivity index is 1.36. The molecule has 1 unspecified atom stereocenters. The standard InChI is InChI=1S/C26H27N5O3S/c1-3-25-29-23-13-8-20(17-27)16-24(23)31(25)21-9-6-19(7-10-21)14-15-28-26(32)30-35(33,34)22-11-4-18(2)5-12-22/h4-13,16,25,29H,3,14-15H2,1-2H3,(H2,28,30,32). The molecule has 3 aromatic rings. The minimum absolute atomic E-state index is 0.0408. The van der Waals surface area contributed by atoms with Gasteiger partial charge in [-0.2, -0.15) is 5.26 Å². The van der Waals surface area contributed by atoms with Crippen LogP contribution in [0.2, 0.25) is 0 Å². The van der Waals surface area contributed by atoms with Crippen molar-refractivity contribution in [3.8, 4) is 6.07 Å². The van der Waals surface area contributed by atoms with Gasteiger partial charge in [-0.15, -0.1) is 0 Å². The van der Waals surface area contributed by atoms with Gasteiger partial charge in [0, 0.05) is 12.2 Å². The predicted octanol–water partition coefficient (Wildman–Crippen LogP) is 4.40. The largest absolute Gasteiger partial charge is 0.363 e. The monoisotopic (exact) mass is 489 g/mol. The van der Waals surface area contributed by atoms with Crippen LogP contribution in [0.15, 0.2) is 71.6 Å². The lowest BCUT2D eigenvalue weighted by Gasteiger charge is -2.26. The van der Waals surface area contributed by atoms with Gasteiger partial charge in [0.1, 0.15) is 6.17 Å². The van der Waals surface area contributed by atoms with Gasteiger partial charge in [0.25, 0.3) is 10.0 Å². The van der Waals surface area contributed by atoms with Crippen molar-refractivity contribution in [3.05, 3.63) is 83.4 Å². The molecule has 3 N–H and O–H groups in total. The molecular formula is C26H27N5O3S. The maximum absolute atomic E-state index is 12.3. The van der Waals surface area contributed by atoms with Crippen molar-refractivity contribution in [1.29, 1.82) is 5.26 Å². The van der Waals surface area contributed by atoms with Crippen molar-refractivity contribution in [2.75, 3.05) is 16.8 Å². The van der Waals surface area contributed by atoms with E-state index in [0.717, 1.165) is 34.6 Å². The van der Waals surface area contributed by atoms with Crippen molar-refractivity contribution < 1.29 is 13.2 Å². The van der Waals surface area contributed by atoms with Crippen LogP contribution in [-0.2, 0) is 16.4 Å². The van der Waals surface area contributed by atoms with Gasteiger partial charge >= 0.3 is 6.03 Å². The fourth-order valence-corrected chi connectivity index (χ4v) is 4.94. The van der Waals surface area contributed by atoms with Crippen LogP contribution in [0.1, 0.15) is 30.0 Å². The van der Waals surface area contributed by atoms with E-state index in [-0.39, 0.29) is 17.6 Å². The number of rotatable bonds is 7. The topological polar surface area (TPSA) is 114 Å². The third-order valence-corrected chi connectivity index (χ3v) is 7.23. The minimum atomic E-state index is -3.92. The van der Waals surface area contributed by atoms with E-state index in [1.807, 2.05) is 48.0 Å². The first-order chi connectivity index (χ1) is 16.8. The van der Waals surface area contributed by atoms with E-state index >= 15 is 0 Å². The number of hydrogen-bond donors (Lipinski definition) is 3. The highest BCUT2D eigenvalue weighted by Gasteiger charge is 2.28. The number of urea groups is 1. The van der Waals surface area contributed by atoms with Gasteiger partial charge in [-0.05, 0) is 67.8 Å². The summed E-state index contributed by atoms with van der Waals surface area (Å²) in [7, 11) is -3.92. The molecule has 0 aromatic heterocycles. The minimum Gasteiger partial charge on any atom is -0.363 e. The quantitative estimate of drug-likeness (QED) is 0.453. The van der Waals surface area contributed by atoms with Crippen LogP contribution in [0.25, 0.3) is 0 Å². The molecule has 3 aromatic carbocycles. The highest BCUT2D eigenvalue weighted by molar-refractivity contribution is 7.90. The third kappa shape index (κ3) is 5.39. The van der Waals surface area contributed by atoms with E-state index in [9.17, 15) is 18.5 Å². The molecule has 9 heteroatoms. The van der Waals surface area contributed by atoms with Gasteiger partial charge in [0.05, 0.1) is 27.9 Å². The van der Waals surface area contributed by atoms with E-state index in [2.05, 4.69) is 28.5 Å². The van der Waals surface area contributed by atoms with Crippen molar-refractivity contribution in [1.82, 2.24) is 10.0 Å². The van der Waals surface area contributed by atoms with Crippen LogP contribution in [0, 0.1) is 18.3 Å². The Kier molecular flexibility index (Phi) is 6.94. The fraction of sp³-hybridized carbons (Fsp3) is 0.231. The summed E-state index contributed by atoms with van der Waals surface area (Å²) in [5, 5.41) is 15.4. The van der Waals surface area contributed by atoms with Crippen molar-refractivity contribution in [2.45, 2.75) is 37.8 Å². The number of carbonyl (C=O) groups is 1. The van der Waals surface area contributed by atoms with Crippen molar-refractivity contribution in [3.63, 3.8) is 0 Å². The smallest absolute Gasteiger partial charge is 0.328 e. The molecule has 1 atom stereocenters. The third-order valence-electron chi connectivity index (χ3n) is 5.88. The molecule has 35 heavy (non-hydrogen) atoms. The lowest BCUT2D eigenvalue weighted by molar-refractivity contribution is 0.246. The number of sulfonamides is 1. The van der Waals surface area contributed by atoms with E-state index in [1.54, 1.807) is 18.2 Å². The molecule has 0 saturated heterocycles. The van der Waals surface area contributed by atoms with Gasteiger partial charge in [-0.3, -0.25) is 0 Å². The Morgan fingerprint density at radius 2 is 1.80 bits per heavy atom. The number of fused-ring (bicyclic) bond motifs is 1. The number of hydrogen-bond acceptors (Lipinski definition) is 6. The Labute approximate surface area is 205 Å². The molecule has 0 spiro atoms. The van der Waals surface area contributed by atoms with Crippen LogP contribution in [0.5, 0.6) is 0 Å². The lowest BCUT2D eigenvalue weighted by atomic mass is 10.1. The summed E-state index contributed by atoms with van der Waals surface area (Å²) in [5.41, 5.74) is 5.51. The average Bonchev–Trinajstić information content (AvgIpc) is 3.22. The van der Waals surface area contributed by atoms with Crippen molar-refractivity contribution in [2.24, 2.45) is 0 Å². The van der Waals surface area contributed by atoms with Crippen LogP contribution < -0.4 is 20.3 Å². The molecule has 8 nitrogen and oxygen atoms in total. The van der Waals surface area contributed by atoms with Gasteiger partial charge in [-0.25, -0.2) is 17.9 Å². The summed E-state index contributed by atoms with van der Waals surface area (Å²) >= 11 is 0. The molecule has 180 valence electrons. The zero-order valence-corrected chi connectivity index (χ0v) is 20.4. The maximum atomic E-state index is 12.3. The summed E-state index contributed by atoms with van der Waals surface area (Å²) in [6.45, 7) is 4.24. The van der Waals surface area contributed by atoms with E-state index in [4.69, 9.17) is 0 Å². The molecule has 0 bridgehead atoms. The highest BCUT2D eigenvalue weighted by atomic mass is 32.2. The van der Waals surface area contributed by atoms with E-state index < -0.39 is 16.1 Å². The Morgan fingerprint density at radius 1 is 1.09 bits per heavy atom. The SMILES string of the molecule is CCC1Nc2ccc(C#N)cc2N1c1ccc(CCNC(=O)NS(=O)(=O)c2ccc(C)cc2)cc1. The molecule has 1 aliphatic rings. The molecule has 4 rings (SSSR count). The van der Waals surface area contributed by atoms with Gasteiger partial charge in [0.2, 0.25) is 0 Å². The first kappa shape index (κ1) is 24.1. The highest BCUT2D eigenvalue weighted by Crippen LogP contribution is 2.41. The van der Waals surface area contributed by atoms with E-state index in [0.29, 0.717) is 12.0 Å². The van der Waals surface area contributed by atoms with Crippen LogP contribution in [0.4, 0.5) is 21.9 Å². The first-order valence-electron chi connectivity index (χ1n) is 11.4. The molecule has 1 aliphatic heterocycles. The number of nitrogens with zero attached hydrogens (tertiary/aromatic N) is 2. The van der Waals surface area contributed by atoms with E-state index in [1.165, 1.54) is 12.1 Å². The number of nitriles is 1. The Bertz CT molecular complexity index is 1360. The summed E-state index contributed by atoms with van der Waals surface area (Å²) in [5.74, 6) is 0. The zero-order valence-electron chi connectivity index (χ0n) is 19.6. The second-order valence-electron chi connectivity index (χ2n) is 8.37. The number of aryl methyl sites for hydroxylation is 1. The normalized spacial score (nSPS) is 14.5. The van der Waals surface area contributed by atoms with Crippen LogP contribution in [-0.4, -0.2) is 27.2 Å². The lowest BCUT2D eigenvalue weighted by Crippen LogP contribution is -2.40. The zero-order chi connectivity index (χ0) is 25.0. The molecule has 0 aliphatic carbocycles. The first-order valence-corrected chi connectivity index (χ1v) is 12.8. The number of amides is 2. The summed E-state index contributed by atoms with van der Waals surface area (Å²) in [6, 6.07) is 21.3.